The molecule has 1 heterocycles. The highest BCUT2D eigenvalue weighted by Crippen LogP contribution is 2.26. The second-order valence-electron chi connectivity index (χ2n) is 4.69. The van der Waals surface area contributed by atoms with Crippen LogP contribution in [-0.2, 0) is 7.05 Å². The van der Waals surface area contributed by atoms with Crippen LogP contribution in [-0.4, -0.2) is 16.3 Å². The molecule has 1 atom stereocenters. The van der Waals surface area contributed by atoms with E-state index in [1.807, 2.05) is 12.1 Å². The number of aliphatic hydroxyl groups excluding tert-OH is 1. The first kappa shape index (κ1) is 11.9. The van der Waals surface area contributed by atoms with E-state index in [1.165, 1.54) is 4.57 Å². The van der Waals surface area contributed by atoms with Gasteiger partial charge in [-0.15, -0.1) is 0 Å². The van der Waals surface area contributed by atoms with Crippen LogP contribution in [0.2, 0.25) is 0 Å². The largest absolute Gasteiger partial charge is 0.419 e. The Bertz CT molecular complexity index is 580. The van der Waals surface area contributed by atoms with Gasteiger partial charge in [-0.3, -0.25) is 4.57 Å². The van der Waals surface area contributed by atoms with Gasteiger partial charge in [-0.1, -0.05) is 19.9 Å². The van der Waals surface area contributed by atoms with Crippen LogP contribution >= 0.6 is 0 Å². The smallest absolute Gasteiger partial charge is 0.408 e. The molecule has 2 rings (SSSR count). The van der Waals surface area contributed by atoms with Crippen LogP contribution in [0.25, 0.3) is 11.1 Å². The first-order valence-electron chi connectivity index (χ1n) is 5.75. The quantitative estimate of drug-likeness (QED) is 0.883. The Morgan fingerprint density at radius 1 is 1.41 bits per heavy atom. The van der Waals surface area contributed by atoms with Crippen molar-refractivity contribution in [3.05, 3.63) is 34.3 Å². The molecule has 2 aromatic rings. The molecular formula is C13H17NO3. The van der Waals surface area contributed by atoms with E-state index >= 15 is 0 Å². The predicted octanol–water partition coefficient (Wildman–Crippen LogP) is 1.86. The fourth-order valence-corrected chi connectivity index (χ4v) is 2.08. The second-order valence-corrected chi connectivity index (χ2v) is 4.69. The number of benzene rings is 1. The standard InChI is InChI=1S/C13H17NO3/c1-8(2)10(7-15)9-4-5-12-11(6-9)14(3)13(16)17-12/h4-6,8,10,15H,7H2,1-3H3. The van der Waals surface area contributed by atoms with Gasteiger partial charge in [0.15, 0.2) is 5.58 Å². The van der Waals surface area contributed by atoms with Gasteiger partial charge < -0.3 is 9.52 Å². The zero-order valence-corrected chi connectivity index (χ0v) is 10.3. The minimum Gasteiger partial charge on any atom is -0.408 e. The average Bonchev–Trinajstić information content (AvgIpc) is 2.56. The van der Waals surface area contributed by atoms with E-state index in [0.29, 0.717) is 11.5 Å². The summed E-state index contributed by atoms with van der Waals surface area (Å²) in [5.41, 5.74) is 2.39. The Morgan fingerprint density at radius 2 is 2.12 bits per heavy atom. The number of rotatable bonds is 3. The van der Waals surface area contributed by atoms with Crippen molar-refractivity contribution in [2.75, 3.05) is 6.61 Å². The fraction of sp³-hybridized carbons (Fsp3) is 0.462. The maximum Gasteiger partial charge on any atom is 0.419 e. The van der Waals surface area contributed by atoms with Crippen molar-refractivity contribution in [1.82, 2.24) is 4.57 Å². The topological polar surface area (TPSA) is 55.4 Å². The Kier molecular flexibility index (Phi) is 3.07. The van der Waals surface area contributed by atoms with Gasteiger partial charge in [0.05, 0.1) is 12.1 Å². The van der Waals surface area contributed by atoms with E-state index in [4.69, 9.17) is 4.42 Å². The number of fused-ring (bicyclic) bond motifs is 1. The summed E-state index contributed by atoms with van der Waals surface area (Å²) in [4.78, 5) is 11.4. The average molecular weight is 235 g/mol. The van der Waals surface area contributed by atoms with Crippen molar-refractivity contribution in [1.29, 1.82) is 0 Å². The van der Waals surface area contributed by atoms with Crippen molar-refractivity contribution in [3.8, 4) is 0 Å². The summed E-state index contributed by atoms with van der Waals surface area (Å²) >= 11 is 0. The van der Waals surface area contributed by atoms with Crippen LogP contribution in [0, 0.1) is 5.92 Å². The van der Waals surface area contributed by atoms with E-state index in [-0.39, 0.29) is 18.3 Å². The molecule has 1 N–H and O–H groups in total. The molecule has 0 saturated heterocycles. The number of oxazole rings is 1. The van der Waals surface area contributed by atoms with Crippen LogP contribution < -0.4 is 5.76 Å². The molecule has 0 aliphatic rings. The van der Waals surface area contributed by atoms with E-state index in [9.17, 15) is 9.90 Å². The van der Waals surface area contributed by atoms with Crippen LogP contribution in [0.3, 0.4) is 0 Å². The minimum atomic E-state index is -0.359. The lowest BCUT2D eigenvalue weighted by Gasteiger charge is -2.18. The molecule has 4 nitrogen and oxygen atoms in total. The van der Waals surface area contributed by atoms with Gasteiger partial charge in [-0.05, 0) is 23.6 Å². The molecule has 0 radical (unpaired) electrons. The summed E-state index contributed by atoms with van der Waals surface area (Å²) in [6.07, 6.45) is 0. The maximum atomic E-state index is 11.4. The third-order valence-corrected chi connectivity index (χ3v) is 3.25. The Hall–Kier alpha value is -1.55. The molecule has 0 aliphatic heterocycles. The molecule has 0 fully saturated rings. The number of aliphatic hydroxyl groups is 1. The fourth-order valence-electron chi connectivity index (χ4n) is 2.08. The molecular weight excluding hydrogens is 218 g/mol. The third-order valence-electron chi connectivity index (χ3n) is 3.25. The molecule has 0 aliphatic carbocycles. The molecule has 0 spiro atoms. The Morgan fingerprint density at radius 3 is 2.71 bits per heavy atom. The zero-order chi connectivity index (χ0) is 12.6. The molecule has 1 aromatic heterocycles. The minimum absolute atomic E-state index is 0.0874. The molecule has 4 heteroatoms. The number of aryl methyl sites for hydroxylation is 1. The Labute approximate surface area is 99.5 Å². The normalized spacial score (nSPS) is 13.5. The molecule has 1 unspecified atom stereocenters. The van der Waals surface area contributed by atoms with Crippen LogP contribution in [0.1, 0.15) is 25.3 Å². The lowest BCUT2D eigenvalue weighted by Crippen LogP contribution is -2.12. The maximum absolute atomic E-state index is 11.4. The molecule has 17 heavy (non-hydrogen) atoms. The molecule has 92 valence electrons. The number of hydrogen-bond acceptors (Lipinski definition) is 3. The lowest BCUT2D eigenvalue weighted by molar-refractivity contribution is 0.237. The molecule has 0 saturated carbocycles. The van der Waals surface area contributed by atoms with Gasteiger partial charge in [0, 0.05) is 13.0 Å². The van der Waals surface area contributed by atoms with E-state index < -0.39 is 0 Å². The third kappa shape index (κ3) is 2.00. The first-order chi connectivity index (χ1) is 8.04. The van der Waals surface area contributed by atoms with Gasteiger partial charge in [-0.25, -0.2) is 4.79 Å². The summed E-state index contributed by atoms with van der Waals surface area (Å²) in [5, 5.41) is 9.40. The number of aromatic nitrogens is 1. The summed E-state index contributed by atoms with van der Waals surface area (Å²) in [6.45, 7) is 4.24. The van der Waals surface area contributed by atoms with Crippen LogP contribution in [0.5, 0.6) is 0 Å². The van der Waals surface area contributed by atoms with E-state index in [2.05, 4.69) is 13.8 Å². The summed E-state index contributed by atoms with van der Waals surface area (Å²) < 4.78 is 6.55. The van der Waals surface area contributed by atoms with Crippen LogP contribution in [0.4, 0.5) is 0 Å². The number of hydrogen-bond donors (Lipinski definition) is 1. The van der Waals surface area contributed by atoms with E-state index in [0.717, 1.165) is 11.1 Å². The van der Waals surface area contributed by atoms with Crippen LogP contribution in [0.15, 0.2) is 27.4 Å². The van der Waals surface area contributed by atoms with Crippen molar-refractivity contribution in [2.24, 2.45) is 13.0 Å². The SMILES string of the molecule is CC(C)C(CO)c1ccc2oc(=O)n(C)c2c1. The van der Waals surface area contributed by atoms with Gasteiger partial charge in [-0.2, -0.15) is 0 Å². The van der Waals surface area contributed by atoms with Crippen molar-refractivity contribution in [2.45, 2.75) is 19.8 Å². The van der Waals surface area contributed by atoms with Crippen molar-refractivity contribution < 1.29 is 9.52 Å². The highest BCUT2D eigenvalue weighted by molar-refractivity contribution is 5.73. The second kappa shape index (κ2) is 4.37. The van der Waals surface area contributed by atoms with E-state index in [1.54, 1.807) is 13.1 Å². The summed E-state index contributed by atoms with van der Waals surface area (Å²) in [7, 11) is 1.68. The molecule has 0 amide bonds. The lowest BCUT2D eigenvalue weighted by atomic mass is 9.89. The predicted molar refractivity (Wildman–Crippen MR) is 66.1 cm³/mol. The van der Waals surface area contributed by atoms with Gasteiger partial charge in [0.2, 0.25) is 0 Å². The molecule has 0 bridgehead atoms. The van der Waals surface area contributed by atoms with Crippen molar-refractivity contribution in [3.63, 3.8) is 0 Å². The monoisotopic (exact) mass is 235 g/mol. The van der Waals surface area contributed by atoms with Gasteiger partial charge in [0.25, 0.3) is 0 Å². The highest BCUT2D eigenvalue weighted by Gasteiger charge is 2.16. The Balaban J connectivity index is 2.57. The molecule has 1 aromatic carbocycles. The van der Waals surface area contributed by atoms with Crippen molar-refractivity contribution >= 4 is 11.1 Å². The number of nitrogens with zero attached hydrogens (tertiary/aromatic N) is 1. The summed E-state index contributed by atoms with van der Waals surface area (Å²) in [6, 6.07) is 5.62. The summed E-state index contributed by atoms with van der Waals surface area (Å²) in [5.74, 6) is 0.0769. The van der Waals surface area contributed by atoms with Gasteiger partial charge in [0.1, 0.15) is 0 Å². The zero-order valence-electron chi connectivity index (χ0n) is 10.3. The first-order valence-corrected chi connectivity index (χ1v) is 5.75. The van der Waals surface area contributed by atoms with Gasteiger partial charge >= 0.3 is 5.76 Å². The highest BCUT2D eigenvalue weighted by atomic mass is 16.4.